The largest absolute Gasteiger partial charge is 0.489 e. The number of nitrogens with zero attached hydrogens (tertiary/aromatic N) is 1. The second kappa shape index (κ2) is 9.96. The van der Waals surface area contributed by atoms with Gasteiger partial charge in [-0.2, -0.15) is 0 Å². The molecule has 0 radical (unpaired) electrons. The van der Waals surface area contributed by atoms with Crippen LogP contribution in [0.25, 0.3) is 0 Å². The number of rotatable bonds is 8. The highest BCUT2D eigenvalue weighted by Gasteiger charge is 2.12. The summed E-state index contributed by atoms with van der Waals surface area (Å²) in [5.74, 6) is -0.795. The number of esters is 1. The fraction of sp³-hybridized carbons (Fsp3) is 0.250. The number of benzene rings is 2. The first-order valence-corrected chi connectivity index (χ1v) is 8.36. The normalized spacial score (nSPS) is 10.0. The second-order valence-corrected chi connectivity index (χ2v) is 5.94. The van der Waals surface area contributed by atoms with E-state index in [2.05, 4.69) is 5.32 Å². The van der Waals surface area contributed by atoms with E-state index in [0.717, 1.165) is 5.56 Å². The van der Waals surface area contributed by atoms with Crippen LogP contribution in [-0.2, 0) is 20.9 Å². The maximum atomic E-state index is 12.0. The SMILES string of the molecule is CN(C)C(=O)CNC(=O)COC(=O)c1ccc(OCc2ccccc2)cc1. The zero-order valence-corrected chi connectivity index (χ0v) is 15.3. The molecule has 0 atom stereocenters. The van der Waals surface area contributed by atoms with Gasteiger partial charge in [0.05, 0.1) is 12.1 Å². The number of amides is 2. The van der Waals surface area contributed by atoms with Crippen LogP contribution in [0.5, 0.6) is 5.75 Å². The van der Waals surface area contributed by atoms with Crippen molar-refractivity contribution in [3.8, 4) is 5.75 Å². The third kappa shape index (κ3) is 6.81. The number of ether oxygens (including phenoxy) is 2. The van der Waals surface area contributed by atoms with Gasteiger partial charge >= 0.3 is 5.97 Å². The summed E-state index contributed by atoms with van der Waals surface area (Å²) in [6.07, 6.45) is 0. The van der Waals surface area contributed by atoms with E-state index in [9.17, 15) is 14.4 Å². The summed E-state index contributed by atoms with van der Waals surface area (Å²) in [5, 5.41) is 2.38. The summed E-state index contributed by atoms with van der Waals surface area (Å²) in [5.41, 5.74) is 1.35. The molecular formula is C20H22N2O5. The summed E-state index contributed by atoms with van der Waals surface area (Å²) in [4.78, 5) is 36.3. The minimum atomic E-state index is -0.626. The number of carbonyl (C=O) groups is 3. The molecule has 0 aromatic heterocycles. The Morgan fingerprint density at radius 1 is 0.963 bits per heavy atom. The minimum Gasteiger partial charge on any atom is -0.489 e. The number of hydrogen-bond donors (Lipinski definition) is 1. The first-order chi connectivity index (χ1) is 13.0. The van der Waals surface area contributed by atoms with Crippen molar-refractivity contribution in [1.29, 1.82) is 0 Å². The quantitative estimate of drug-likeness (QED) is 0.714. The molecule has 0 bridgehead atoms. The number of nitrogens with one attached hydrogen (secondary N) is 1. The molecule has 27 heavy (non-hydrogen) atoms. The molecule has 1 N–H and O–H groups in total. The Morgan fingerprint density at radius 2 is 1.63 bits per heavy atom. The fourth-order valence-corrected chi connectivity index (χ4v) is 2.03. The van der Waals surface area contributed by atoms with E-state index in [4.69, 9.17) is 9.47 Å². The van der Waals surface area contributed by atoms with E-state index in [1.54, 1.807) is 38.4 Å². The zero-order chi connectivity index (χ0) is 19.6. The predicted molar refractivity (Wildman–Crippen MR) is 99.2 cm³/mol. The van der Waals surface area contributed by atoms with E-state index < -0.39 is 18.5 Å². The van der Waals surface area contributed by atoms with Crippen LogP contribution in [0.4, 0.5) is 0 Å². The van der Waals surface area contributed by atoms with Crippen LogP contribution in [0.1, 0.15) is 15.9 Å². The highest BCUT2D eigenvalue weighted by Crippen LogP contribution is 2.15. The number of hydrogen-bond acceptors (Lipinski definition) is 5. The lowest BCUT2D eigenvalue weighted by Gasteiger charge is -2.11. The Balaban J connectivity index is 1.76. The van der Waals surface area contributed by atoms with Gasteiger partial charge in [-0.1, -0.05) is 30.3 Å². The average Bonchev–Trinajstić information content (AvgIpc) is 2.69. The van der Waals surface area contributed by atoms with Gasteiger partial charge < -0.3 is 19.7 Å². The van der Waals surface area contributed by atoms with Crippen molar-refractivity contribution in [3.63, 3.8) is 0 Å². The van der Waals surface area contributed by atoms with Gasteiger partial charge in [0, 0.05) is 14.1 Å². The molecule has 0 fully saturated rings. The average molecular weight is 370 g/mol. The molecule has 2 aromatic rings. The Labute approximate surface area is 157 Å². The number of likely N-dealkylation sites (N-methyl/N-ethyl adjacent to an activating group) is 1. The Morgan fingerprint density at radius 3 is 2.26 bits per heavy atom. The third-order valence-electron chi connectivity index (χ3n) is 3.61. The first-order valence-electron chi connectivity index (χ1n) is 8.36. The van der Waals surface area contributed by atoms with Gasteiger partial charge in [0.1, 0.15) is 12.4 Å². The predicted octanol–water partition coefficient (Wildman–Crippen LogP) is 1.63. The first kappa shape index (κ1) is 20.0. The topological polar surface area (TPSA) is 84.9 Å². The molecular weight excluding hydrogens is 348 g/mol. The standard InChI is InChI=1S/C20H22N2O5/c1-22(2)19(24)12-21-18(23)14-27-20(25)16-8-10-17(11-9-16)26-13-15-6-4-3-5-7-15/h3-11H,12-14H2,1-2H3,(H,21,23). The Kier molecular flexibility index (Phi) is 7.37. The summed E-state index contributed by atoms with van der Waals surface area (Å²) >= 11 is 0. The van der Waals surface area contributed by atoms with Crippen molar-refractivity contribution in [2.24, 2.45) is 0 Å². The maximum Gasteiger partial charge on any atom is 0.338 e. The summed E-state index contributed by atoms with van der Waals surface area (Å²) in [6, 6.07) is 16.2. The van der Waals surface area contributed by atoms with Crippen molar-refractivity contribution in [2.75, 3.05) is 27.2 Å². The fourth-order valence-electron chi connectivity index (χ4n) is 2.03. The van der Waals surface area contributed by atoms with E-state index in [1.165, 1.54) is 4.90 Å². The molecule has 0 aliphatic heterocycles. The third-order valence-corrected chi connectivity index (χ3v) is 3.61. The van der Waals surface area contributed by atoms with Crippen LogP contribution in [0.2, 0.25) is 0 Å². The molecule has 2 amide bonds. The van der Waals surface area contributed by atoms with Gasteiger partial charge in [-0.05, 0) is 29.8 Å². The molecule has 2 aromatic carbocycles. The summed E-state index contributed by atoms with van der Waals surface area (Å²) in [7, 11) is 3.17. The van der Waals surface area contributed by atoms with Crippen molar-refractivity contribution in [3.05, 3.63) is 65.7 Å². The molecule has 2 rings (SSSR count). The highest BCUT2D eigenvalue weighted by atomic mass is 16.5. The molecule has 0 saturated heterocycles. The second-order valence-electron chi connectivity index (χ2n) is 5.94. The smallest absolute Gasteiger partial charge is 0.338 e. The van der Waals surface area contributed by atoms with Crippen LogP contribution < -0.4 is 10.1 Å². The lowest BCUT2D eigenvalue weighted by Crippen LogP contribution is -2.38. The van der Waals surface area contributed by atoms with Crippen molar-refractivity contribution < 1.29 is 23.9 Å². The van der Waals surface area contributed by atoms with Crippen molar-refractivity contribution >= 4 is 17.8 Å². The van der Waals surface area contributed by atoms with Gasteiger partial charge in [0.15, 0.2) is 6.61 Å². The molecule has 0 saturated carbocycles. The molecule has 7 nitrogen and oxygen atoms in total. The molecule has 0 spiro atoms. The van der Waals surface area contributed by atoms with Crippen LogP contribution in [-0.4, -0.2) is 49.9 Å². The lowest BCUT2D eigenvalue weighted by molar-refractivity contribution is -0.131. The van der Waals surface area contributed by atoms with Gasteiger partial charge in [-0.3, -0.25) is 9.59 Å². The highest BCUT2D eigenvalue weighted by molar-refractivity contribution is 5.92. The summed E-state index contributed by atoms with van der Waals surface area (Å²) < 4.78 is 10.6. The van der Waals surface area contributed by atoms with Crippen LogP contribution in [0.3, 0.4) is 0 Å². The van der Waals surface area contributed by atoms with Crippen molar-refractivity contribution in [1.82, 2.24) is 10.2 Å². The molecule has 0 unspecified atom stereocenters. The molecule has 7 heteroatoms. The van der Waals surface area contributed by atoms with Gasteiger partial charge in [-0.15, -0.1) is 0 Å². The van der Waals surface area contributed by atoms with E-state index >= 15 is 0 Å². The van der Waals surface area contributed by atoms with E-state index in [0.29, 0.717) is 17.9 Å². The Hall–Kier alpha value is -3.35. The van der Waals surface area contributed by atoms with E-state index in [-0.39, 0.29) is 12.5 Å². The van der Waals surface area contributed by atoms with Gasteiger partial charge in [0.25, 0.3) is 5.91 Å². The van der Waals surface area contributed by atoms with Crippen LogP contribution in [0.15, 0.2) is 54.6 Å². The molecule has 142 valence electrons. The lowest BCUT2D eigenvalue weighted by atomic mass is 10.2. The summed E-state index contributed by atoms with van der Waals surface area (Å²) in [6.45, 7) is -0.168. The van der Waals surface area contributed by atoms with Gasteiger partial charge in [0.2, 0.25) is 5.91 Å². The minimum absolute atomic E-state index is 0.142. The van der Waals surface area contributed by atoms with Crippen LogP contribution in [0, 0.1) is 0 Å². The van der Waals surface area contributed by atoms with Gasteiger partial charge in [-0.25, -0.2) is 4.79 Å². The Bertz CT molecular complexity index is 773. The molecule has 0 aliphatic rings. The maximum absolute atomic E-state index is 12.0. The molecule has 0 aliphatic carbocycles. The zero-order valence-electron chi connectivity index (χ0n) is 15.3. The van der Waals surface area contributed by atoms with E-state index in [1.807, 2.05) is 30.3 Å². The number of carbonyl (C=O) groups excluding carboxylic acids is 3. The molecule has 0 heterocycles. The van der Waals surface area contributed by atoms with Crippen molar-refractivity contribution in [2.45, 2.75) is 6.61 Å². The monoisotopic (exact) mass is 370 g/mol. The van der Waals surface area contributed by atoms with Crippen LogP contribution >= 0.6 is 0 Å².